The molecule has 0 heterocycles. The number of benzene rings is 2. The monoisotopic (exact) mass is 368 g/mol. The van der Waals surface area contributed by atoms with Crippen LogP contribution in [0.25, 0.3) is 6.08 Å². The first-order valence-corrected chi connectivity index (χ1v) is 8.90. The van der Waals surface area contributed by atoms with Crippen molar-refractivity contribution in [3.05, 3.63) is 75.8 Å². The molecule has 0 bridgehead atoms. The number of hydrogen-bond acceptors (Lipinski definition) is 4. The van der Waals surface area contributed by atoms with Crippen molar-refractivity contribution in [1.82, 2.24) is 5.32 Å². The number of nitrogens with one attached hydrogen (secondary N) is 1. The van der Waals surface area contributed by atoms with Gasteiger partial charge in [0.1, 0.15) is 5.75 Å². The van der Waals surface area contributed by atoms with Crippen LogP contribution in [0.3, 0.4) is 0 Å². The predicted octanol–water partition coefficient (Wildman–Crippen LogP) is 4.14. The van der Waals surface area contributed by atoms with E-state index >= 15 is 0 Å². The van der Waals surface area contributed by atoms with Gasteiger partial charge in [0, 0.05) is 24.8 Å². The minimum Gasteiger partial charge on any atom is -0.491 e. The molecule has 0 fully saturated rings. The van der Waals surface area contributed by atoms with Crippen LogP contribution < -0.4 is 10.1 Å². The summed E-state index contributed by atoms with van der Waals surface area (Å²) in [7, 11) is 0. The summed E-state index contributed by atoms with van der Waals surface area (Å²) >= 11 is 0. The molecule has 0 aliphatic rings. The number of non-ortho nitro benzene ring substituents is 1. The van der Waals surface area contributed by atoms with Crippen molar-refractivity contribution in [2.45, 2.75) is 32.8 Å². The lowest BCUT2D eigenvalue weighted by Crippen LogP contribution is -2.22. The molecule has 0 unspecified atom stereocenters. The molecule has 0 aliphatic carbocycles. The van der Waals surface area contributed by atoms with Gasteiger partial charge in [-0.1, -0.05) is 12.1 Å². The Hall–Kier alpha value is -3.15. The molecule has 6 heteroatoms. The van der Waals surface area contributed by atoms with E-state index in [1.807, 2.05) is 38.1 Å². The Balaban J connectivity index is 1.73. The summed E-state index contributed by atoms with van der Waals surface area (Å²) in [6.07, 6.45) is 4.87. The van der Waals surface area contributed by atoms with Crippen LogP contribution in [0.5, 0.6) is 5.75 Å². The molecule has 0 atom stereocenters. The predicted molar refractivity (Wildman–Crippen MR) is 106 cm³/mol. The molecule has 2 aromatic rings. The fourth-order valence-electron chi connectivity index (χ4n) is 2.49. The molecule has 0 aromatic heterocycles. The van der Waals surface area contributed by atoms with E-state index < -0.39 is 4.92 Å². The second kappa shape index (κ2) is 10.1. The number of rotatable bonds is 9. The fraction of sp³-hybridized carbons (Fsp3) is 0.286. The molecule has 1 N–H and O–H groups in total. The highest BCUT2D eigenvalue weighted by atomic mass is 16.6. The molecule has 0 spiro atoms. The second-order valence-corrected chi connectivity index (χ2v) is 6.39. The first-order chi connectivity index (χ1) is 12.9. The van der Waals surface area contributed by atoms with Gasteiger partial charge in [0.15, 0.2) is 0 Å². The Morgan fingerprint density at radius 1 is 1.22 bits per heavy atom. The number of amides is 1. The number of nitro benzene ring substituents is 1. The summed E-state index contributed by atoms with van der Waals surface area (Å²) < 4.78 is 5.68. The molecule has 27 heavy (non-hydrogen) atoms. The highest BCUT2D eigenvalue weighted by molar-refractivity contribution is 5.91. The zero-order valence-electron chi connectivity index (χ0n) is 15.6. The van der Waals surface area contributed by atoms with Gasteiger partial charge < -0.3 is 10.1 Å². The van der Waals surface area contributed by atoms with E-state index in [4.69, 9.17) is 4.74 Å². The van der Waals surface area contributed by atoms with Gasteiger partial charge in [-0.05, 0) is 68.2 Å². The number of carbonyl (C=O) groups excluding carboxylic acids is 1. The summed E-state index contributed by atoms with van der Waals surface area (Å²) in [5.41, 5.74) is 1.93. The lowest BCUT2D eigenvalue weighted by Gasteiger charge is -2.11. The van der Waals surface area contributed by atoms with Crippen LogP contribution in [0.4, 0.5) is 5.69 Å². The maximum absolute atomic E-state index is 11.9. The number of carbonyl (C=O) groups is 1. The van der Waals surface area contributed by atoms with E-state index in [9.17, 15) is 14.9 Å². The second-order valence-electron chi connectivity index (χ2n) is 6.39. The maximum Gasteiger partial charge on any atom is 0.269 e. The molecule has 6 nitrogen and oxygen atoms in total. The van der Waals surface area contributed by atoms with Crippen molar-refractivity contribution in [3.8, 4) is 5.75 Å². The molecule has 142 valence electrons. The van der Waals surface area contributed by atoms with E-state index in [0.717, 1.165) is 24.2 Å². The summed E-state index contributed by atoms with van der Waals surface area (Å²) in [6.45, 7) is 4.55. The third-order valence-corrected chi connectivity index (χ3v) is 3.74. The summed E-state index contributed by atoms with van der Waals surface area (Å²) in [5, 5.41) is 13.4. The first kappa shape index (κ1) is 20.2. The summed E-state index contributed by atoms with van der Waals surface area (Å²) in [4.78, 5) is 22.0. The highest BCUT2D eigenvalue weighted by Gasteiger charge is 2.03. The van der Waals surface area contributed by atoms with E-state index in [-0.39, 0.29) is 17.7 Å². The molecule has 0 saturated heterocycles. The number of ether oxygens (including phenoxy) is 1. The van der Waals surface area contributed by atoms with Gasteiger partial charge in [-0.2, -0.15) is 0 Å². The number of nitro groups is 1. The van der Waals surface area contributed by atoms with E-state index in [1.54, 1.807) is 18.2 Å². The zero-order valence-corrected chi connectivity index (χ0v) is 15.6. The van der Waals surface area contributed by atoms with Gasteiger partial charge in [0.25, 0.3) is 5.69 Å². The number of aryl methyl sites for hydroxylation is 1. The largest absolute Gasteiger partial charge is 0.491 e. The van der Waals surface area contributed by atoms with Crippen LogP contribution in [-0.2, 0) is 11.2 Å². The van der Waals surface area contributed by atoms with Crippen molar-refractivity contribution >= 4 is 17.7 Å². The van der Waals surface area contributed by atoms with Crippen LogP contribution in [0.2, 0.25) is 0 Å². The van der Waals surface area contributed by atoms with E-state index in [0.29, 0.717) is 6.54 Å². The molecular formula is C21H24N2O4. The lowest BCUT2D eigenvalue weighted by atomic mass is 10.1. The Labute approximate surface area is 159 Å². The minimum absolute atomic E-state index is 0.0273. The molecule has 0 aliphatic heterocycles. The maximum atomic E-state index is 11.9. The third-order valence-electron chi connectivity index (χ3n) is 3.74. The molecule has 0 radical (unpaired) electrons. The van der Waals surface area contributed by atoms with Gasteiger partial charge in [-0.15, -0.1) is 0 Å². The van der Waals surface area contributed by atoms with E-state index in [2.05, 4.69) is 5.32 Å². The molecule has 1 amide bonds. The van der Waals surface area contributed by atoms with Crippen LogP contribution in [0.1, 0.15) is 31.4 Å². The van der Waals surface area contributed by atoms with Crippen molar-refractivity contribution in [3.63, 3.8) is 0 Å². The summed E-state index contributed by atoms with van der Waals surface area (Å²) in [5.74, 6) is 0.669. The van der Waals surface area contributed by atoms with Gasteiger partial charge in [-0.25, -0.2) is 0 Å². The van der Waals surface area contributed by atoms with Crippen molar-refractivity contribution in [1.29, 1.82) is 0 Å². The normalized spacial score (nSPS) is 10.9. The topological polar surface area (TPSA) is 81.5 Å². The Kier molecular flexibility index (Phi) is 7.55. The smallest absolute Gasteiger partial charge is 0.269 e. The van der Waals surface area contributed by atoms with Crippen molar-refractivity contribution in [2.75, 3.05) is 6.54 Å². The van der Waals surface area contributed by atoms with Crippen LogP contribution in [0.15, 0.2) is 54.6 Å². The van der Waals surface area contributed by atoms with Gasteiger partial charge in [0.05, 0.1) is 11.0 Å². The number of hydrogen-bond donors (Lipinski definition) is 1. The SMILES string of the molecule is CC(C)Oc1cccc(CCCNC(=O)/C=C/c2ccc([N+](=O)[O-])cc2)c1. The molecular weight excluding hydrogens is 344 g/mol. The molecule has 0 saturated carbocycles. The van der Waals surface area contributed by atoms with E-state index in [1.165, 1.54) is 23.8 Å². The zero-order chi connectivity index (χ0) is 19.6. The minimum atomic E-state index is -0.454. The van der Waals surface area contributed by atoms with Crippen molar-refractivity contribution in [2.24, 2.45) is 0 Å². The third kappa shape index (κ3) is 7.32. The van der Waals surface area contributed by atoms with Gasteiger partial charge in [-0.3, -0.25) is 14.9 Å². The quantitative estimate of drug-likeness (QED) is 0.312. The van der Waals surface area contributed by atoms with Crippen LogP contribution in [-0.4, -0.2) is 23.5 Å². The Morgan fingerprint density at radius 3 is 2.63 bits per heavy atom. The van der Waals surface area contributed by atoms with Crippen molar-refractivity contribution < 1.29 is 14.5 Å². The molecule has 2 aromatic carbocycles. The fourth-order valence-corrected chi connectivity index (χ4v) is 2.49. The number of nitrogens with zero attached hydrogens (tertiary/aromatic N) is 1. The van der Waals surface area contributed by atoms with Gasteiger partial charge >= 0.3 is 0 Å². The van der Waals surface area contributed by atoms with Crippen LogP contribution >= 0.6 is 0 Å². The standard InChI is InChI=1S/C21H24N2O4/c1-16(2)27-20-7-3-5-18(15-20)6-4-14-22-21(24)13-10-17-8-11-19(12-9-17)23(25)26/h3,5,7-13,15-16H,4,6,14H2,1-2H3,(H,22,24)/b13-10+. The highest BCUT2D eigenvalue weighted by Crippen LogP contribution is 2.16. The van der Waals surface area contributed by atoms with Gasteiger partial charge in [0.2, 0.25) is 5.91 Å². The lowest BCUT2D eigenvalue weighted by molar-refractivity contribution is -0.384. The Bertz CT molecular complexity index is 798. The Morgan fingerprint density at radius 2 is 1.96 bits per heavy atom. The first-order valence-electron chi connectivity index (χ1n) is 8.90. The average Bonchev–Trinajstić information content (AvgIpc) is 2.63. The van der Waals surface area contributed by atoms with Crippen LogP contribution in [0, 0.1) is 10.1 Å². The summed E-state index contributed by atoms with van der Waals surface area (Å²) in [6, 6.07) is 14.0. The molecule has 2 rings (SSSR count). The average molecular weight is 368 g/mol.